The Bertz CT molecular complexity index is 283. The van der Waals surface area contributed by atoms with Crippen molar-refractivity contribution in [1.29, 1.82) is 0 Å². The molecule has 2 unspecified atom stereocenters. The van der Waals surface area contributed by atoms with Gasteiger partial charge in [0.15, 0.2) is 0 Å². The maximum Gasteiger partial charge on any atom is 0.0431 e. The van der Waals surface area contributed by atoms with Gasteiger partial charge in [0.05, 0.1) is 0 Å². The zero-order chi connectivity index (χ0) is 15.1. The van der Waals surface area contributed by atoms with Gasteiger partial charge in [-0.2, -0.15) is 0 Å². The molecule has 0 amide bonds. The first-order chi connectivity index (χ1) is 10.1. The van der Waals surface area contributed by atoms with Crippen LogP contribution in [0.15, 0.2) is 0 Å². The number of hydrogen-bond donors (Lipinski definition) is 2. The second-order valence-electron chi connectivity index (χ2n) is 8.33. The third kappa shape index (κ3) is 5.56. The van der Waals surface area contributed by atoms with Gasteiger partial charge < -0.3 is 10.4 Å². The summed E-state index contributed by atoms with van der Waals surface area (Å²) < 4.78 is 0. The predicted molar refractivity (Wildman–Crippen MR) is 90.4 cm³/mol. The Kier molecular flexibility index (Phi) is 7.01. The fourth-order valence-electron chi connectivity index (χ4n) is 4.59. The number of aliphatic hydroxyl groups excluding tert-OH is 1. The molecule has 0 saturated heterocycles. The van der Waals surface area contributed by atoms with Gasteiger partial charge in [-0.25, -0.2) is 0 Å². The van der Waals surface area contributed by atoms with Crippen molar-refractivity contribution in [3.63, 3.8) is 0 Å². The van der Waals surface area contributed by atoms with E-state index in [1.165, 1.54) is 57.8 Å². The molecule has 2 atom stereocenters. The fraction of sp³-hybridized carbons (Fsp3) is 1.00. The zero-order valence-corrected chi connectivity index (χ0v) is 14.4. The average Bonchev–Trinajstić information content (AvgIpc) is 2.52. The minimum Gasteiger partial charge on any atom is -0.396 e. The molecule has 2 rings (SSSR count). The van der Waals surface area contributed by atoms with Crippen LogP contribution in [0.5, 0.6) is 0 Å². The molecule has 21 heavy (non-hydrogen) atoms. The molecule has 2 nitrogen and oxygen atoms in total. The van der Waals surface area contributed by atoms with Crippen LogP contribution in [0.25, 0.3) is 0 Å². The number of aliphatic hydroxyl groups is 1. The highest BCUT2D eigenvalue weighted by atomic mass is 16.2. The van der Waals surface area contributed by atoms with Gasteiger partial charge in [0.2, 0.25) is 0 Å². The van der Waals surface area contributed by atoms with E-state index >= 15 is 0 Å². The summed E-state index contributed by atoms with van der Waals surface area (Å²) in [5.74, 6) is 1.93. The van der Waals surface area contributed by atoms with Gasteiger partial charge >= 0.3 is 0 Å². The molecule has 2 saturated carbocycles. The van der Waals surface area contributed by atoms with E-state index in [4.69, 9.17) is 5.11 Å². The van der Waals surface area contributed by atoms with Crippen molar-refractivity contribution in [3.05, 3.63) is 0 Å². The Hall–Kier alpha value is -0.0800. The van der Waals surface area contributed by atoms with Crippen molar-refractivity contribution < 1.29 is 5.11 Å². The first-order valence-corrected chi connectivity index (χ1v) is 9.47. The molecular weight excluding hydrogens is 258 g/mol. The van der Waals surface area contributed by atoms with E-state index in [9.17, 15) is 0 Å². The third-order valence-corrected chi connectivity index (χ3v) is 5.93. The molecule has 2 aliphatic carbocycles. The minimum atomic E-state index is 0.317. The topological polar surface area (TPSA) is 32.3 Å². The van der Waals surface area contributed by atoms with Crippen LogP contribution >= 0.6 is 0 Å². The van der Waals surface area contributed by atoms with Crippen molar-refractivity contribution in [2.24, 2.45) is 17.3 Å². The van der Waals surface area contributed by atoms with Crippen molar-refractivity contribution in [1.82, 2.24) is 5.32 Å². The molecule has 2 aliphatic rings. The highest BCUT2D eigenvalue weighted by Gasteiger charge is 2.33. The lowest BCUT2D eigenvalue weighted by Crippen LogP contribution is -2.45. The Balaban J connectivity index is 1.83. The molecule has 0 spiro atoms. The Labute approximate surface area is 132 Å². The molecule has 0 bridgehead atoms. The highest BCUT2D eigenvalue weighted by Crippen LogP contribution is 2.38. The number of hydrogen-bond acceptors (Lipinski definition) is 2. The Morgan fingerprint density at radius 3 is 2.33 bits per heavy atom. The van der Waals surface area contributed by atoms with Gasteiger partial charge in [0.25, 0.3) is 0 Å². The molecule has 0 heterocycles. The molecule has 2 N–H and O–H groups in total. The van der Waals surface area contributed by atoms with Crippen molar-refractivity contribution in [3.8, 4) is 0 Å². The predicted octanol–water partition coefficient (Wildman–Crippen LogP) is 4.51. The summed E-state index contributed by atoms with van der Waals surface area (Å²) in [7, 11) is 0. The van der Waals surface area contributed by atoms with Gasteiger partial charge in [0, 0.05) is 19.2 Å². The fourth-order valence-corrected chi connectivity index (χ4v) is 4.59. The summed E-state index contributed by atoms with van der Waals surface area (Å²) in [6.45, 7) is 6.13. The average molecular weight is 296 g/mol. The highest BCUT2D eigenvalue weighted by molar-refractivity contribution is 4.88. The molecule has 0 aliphatic heterocycles. The molecule has 2 fully saturated rings. The van der Waals surface area contributed by atoms with Crippen LogP contribution < -0.4 is 5.32 Å². The molecule has 0 aromatic carbocycles. The maximum absolute atomic E-state index is 9.04. The Morgan fingerprint density at radius 1 is 0.952 bits per heavy atom. The molecule has 0 aromatic rings. The van der Waals surface area contributed by atoms with Crippen LogP contribution in [-0.4, -0.2) is 24.3 Å². The molecule has 2 heteroatoms. The van der Waals surface area contributed by atoms with Gasteiger partial charge in [-0.05, 0) is 42.9 Å². The van der Waals surface area contributed by atoms with Crippen molar-refractivity contribution in [2.75, 3.05) is 13.2 Å². The maximum atomic E-state index is 9.04. The summed E-state index contributed by atoms with van der Waals surface area (Å²) in [6.07, 6.45) is 15.1. The molecule has 124 valence electrons. The monoisotopic (exact) mass is 295 g/mol. The Morgan fingerprint density at radius 2 is 1.62 bits per heavy atom. The summed E-state index contributed by atoms with van der Waals surface area (Å²) in [4.78, 5) is 0. The number of nitrogens with one attached hydrogen (secondary N) is 1. The zero-order valence-electron chi connectivity index (χ0n) is 14.4. The molecule has 0 aromatic heterocycles. The molecular formula is C19H37NO. The van der Waals surface area contributed by atoms with Crippen LogP contribution in [0.1, 0.15) is 84.5 Å². The lowest BCUT2D eigenvalue weighted by Gasteiger charge is -2.41. The van der Waals surface area contributed by atoms with E-state index in [0.717, 1.165) is 37.3 Å². The van der Waals surface area contributed by atoms with Crippen LogP contribution in [0.2, 0.25) is 0 Å². The van der Waals surface area contributed by atoms with Crippen molar-refractivity contribution >= 4 is 0 Å². The third-order valence-electron chi connectivity index (χ3n) is 5.93. The van der Waals surface area contributed by atoms with Crippen LogP contribution in [0.4, 0.5) is 0 Å². The summed E-state index contributed by atoms with van der Waals surface area (Å²) in [6, 6.07) is 0.759. The van der Waals surface area contributed by atoms with Crippen molar-refractivity contribution in [2.45, 2.75) is 90.5 Å². The summed E-state index contributed by atoms with van der Waals surface area (Å²) in [5.41, 5.74) is 0.317. The van der Waals surface area contributed by atoms with Crippen LogP contribution in [0, 0.1) is 17.3 Å². The van der Waals surface area contributed by atoms with Gasteiger partial charge in [-0.3, -0.25) is 0 Å². The minimum absolute atomic E-state index is 0.317. The van der Waals surface area contributed by atoms with E-state index in [-0.39, 0.29) is 0 Å². The smallest absolute Gasteiger partial charge is 0.0431 e. The van der Waals surface area contributed by atoms with Gasteiger partial charge in [-0.1, -0.05) is 58.8 Å². The quantitative estimate of drug-likeness (QED) is 0.724. The van der Waals surface area contributed by atoms with E-state index in [0.29, 0.717) is 12.0 Å². The second-order valence-corrected chi connectivity index (χ2v) is 8.33. The van der Waals surface area contributed by atoms with Gasteiger partial charge in [0.1, 0.15) is 0 Å². The van der Waals surface area contributed by atoms with Crippen LogP contribution in [0.3, 0.4) is 0 Å². The van der Waals surface area contributed by atoms with E-state index in [1.54, 1.807) is 0 Å². The largest absolute Gasteiger partial charge is 0.396 e. The molecule has 0 radical (unpaired) electrons. The van der Waals surface area contributed by atoms with Crippen LogP contribution in [-0.2, 0) is 0 Å². The lowest BCUT2D eigenvalue weighted by molar-refractivity contribution is 0.137. The SMILES string of the molecule is CC(C)(CCCO)CNC1CCCCC1C1CCCCC1. The second kappa shape index (κ2) is 8.53. The normalized spacial score (nSPS) is 28.7. The first-order valence-electron chi connectivity index (χ1n) is 9.47. The standard InChI is InChI=1S/C19H37NO/c1-19(2,13-8-14-21)15-20-18-12-7-6-11-17(18)16-9-4-3-5-10-16/h16-18,20-21H,3-15H2,1-2H3. The summed E-state index contributed by atoms with van der Waals surface area (Å²) >= 11 is 0. The lowest BCUT2D eigenvalue weighted by atomic mass is 9.70. The first kappa shape index (κ1) is 17.3. The van der Waals surface area contributed by atoms with E-state index in [1.807, 2.05) is 0 Å². The van der Waals surface area contributed by atoms with E-state index < -0.39 is 0 Å². The summed E-state index contributed by atoms with van der Waals surface area (Å²) in [5, 5.41) is 13.0. The number of rotatable bonds is 7. The van der Waals surface area contributed by atoms with Gasteiger partial charge in [-0.15, -0.1) is 0 Å². The van der Waals surface area contributed by atoms with E-state index in [2.05, 4.69) is 19.2 Å².